The molecule has 0 spiro atoms. The lowest BCUT2D eigenvalue weighted by Gasteiger charge is -2.09. The van der Waals surface area contributed by atoms with Gasteiger partial charge >= 0.3 is 0 Å². The molecular weight excluding hydrogens is 279 g/mol. The summed E-state index contributed by atoms with van der Waals surface area (Å²) in [5.74, 6) is -0.784. The SMILES string of the molecule is Fc1ccc(Cl)c(NCc2cc(Cl)ccc2F)c1. The van der Waals surface area contributed by atoms with Crippen LogP contribution in [0.2, 0.25) is 10.0 Å². The Morgan fingerprint density at radius 2 is 1.78 bits per heavy atom. The molecule has 5 heteroatoms. The highest BCUT2D eigenvalue weighted by Crippen LogP contribution is 2.24. The van der Waals surface area contributed by atoms with Crippen LogP contribution in [-0.2, 0) is 6.54 Å². The molecule has 0 amide bonds. The average molecular weight is 288 g/mol. The van der Waals surface area contributed by atoms with Crippen molar-refractivity contribution in [3.8, 4) is 0 Å². The maximum Gasteiger partial charge on any atom is 0.128 e. The van der Waals surface area contributed by atoms with Crippen molar-refractivity contribution < 1.29 is 8.78 Å². The van der Waals surface area contributed by atoms with Gasteiger partial charge in [-0.3, -0.25) is 0 Å². The summed E-state index contributed by atoms with van der Waals surface area (Å²) < 4.78 is 26.5. The van der Waals surface area contributed by atoms with Gasteiger partial charge in [-0.05, 0) is 36.4 Å². The van der Waals surface area contributed by atoms with Gasteiger partial charge in [0, 0.05) is 17.1 Å². The molecule has 0 radical (unpaired) electrons. The molecule has 2 rings (SSSR count). The lowest BCUT2D eigenvalue weighted by molar-refractivity contribution is 0.612. The smallest absolute Gasteiger partial charge is 0.128 e. The fraction of sp³-hybridized carbons (Fsp3) is 0.0769. The lowest BCUT2D eigenvalue weighted by atomic mass is 10.2. The molecule has 0 aromatic heterocycles. The van der Waals surface area contributed by atoms with E-state index in [-0.39, 0.29) is 12.4 Å². The van der Waals surface area contributed by atoms with Crippen LogP contribution in [0.4, 0.5) is 14.5 Å². The molecule has 0 saturated heterocycles. The molecule has 0 heterocycles. The van der Waals surface area contributed by atoms with Gasteiger partial charge in [0.05, 0.1) is 10.7 Å². The molecular formula is C13H9Cl2F2N. The van der Waals surface area contributed by atoms with Gasteiger partial charge in [0.2, 0.25) is 0 Å². The molecule has 0 atom stereocenters. The average Bonchev–Trinajstić information content (AvgIpc) is 2.34. The van der Waals surface area contributed by atoms with E-state index in [4.69, 9.17) is 23.2 Å². The number of halogens is 4. The van der Waals surface area contributed by atoms with Crippen molar-refractivity contribution in [2.45, 2.75) is 6.54 Å². The third kappa shape index (κ3) is 3.12. The predicted octanol–water partition coefficient (Wildman–Crippen LogP) is 4.88. The van der Waals surface area contributed by atoms with Crippen molar-refractivity contribution in [2.24, 2.45) is 0 Å². The fourth-order valence-electron chi connectivity index (χ4n) is 1.50. The van der Waals surface area contributed by atoms with Crippen molar-refractivity contribution >= 4 is 28.9 Å². The number of rotatable bonds is 3. The zero-order valence-electron chi connectivity index (χ0n) is 9.18. The van der Waals surface area contributed by atoms with Gasteiger partial charge in [0.1, 0.15) is 11.6 Å². The van der Waals surface area contributed by atoms with Gasteiger partial charge in [-0.1, -0.05) is 23.2 Å². The summed E-state index contributed by atoms with van der Waals surface area (Å²) in [6.07, 6.45) is 0. The van der Waals surface area contributed by atoms with Crippen LogP contribution in [0.5, 0.6) is 0 Å². The van der Waals surface area contributed by atoms with E-state index < -0.39 is 5.82 Å². The molecule has 0 unspecified atom stereocenters. The van der Waals surface area contributed by atoms with Crippen LogP contribution in [-0.4, -0.2) is 0 Å². The summed E-state index contributed by atoms with van der Waals surface area (Å²) in [5, 5.41) is 3.68. The standard InChI is InChI=1S/C13H9Cl2F2N/c14-9-1-4-12(17)8(5-9)7-18-13-6-10(16)2-3-11(13)15/h1-6,18H,7H2. The summed E-state index contributed by atoms with van der Waals surface area (Å²) in [6, 6.07) is 8.21. The molecule has 18 heavy (non-hydrogen) atoms. The van der Waals surface area contributed by atoms with E-state index in [0.717, 1.165) is 0 Å². The van der Waals surface area contributed by atoms with Crippen LogP contribution in [0, 0.1) is 11.6 Å². The molecule has 0 saturated carbocycles. The van der Waals surface area contributed by atoms with Crippen LogP contribution in [0.3, 0.4) is 0 Å². The van der Waals surface area contributed by atoms with E-state index in [0.29, 0.717) is 21.3 Å². The fourth-order valence-corrected chi connectivity index (χ4v) is 1.88. The second-order valence-electron chi connectivity index (χ2n) is 3.71. The maximum atomic E-state index is 13.4. The highest BCUT2D eigenvalue weighted by atomic mass is 35.5. The van der Waals surface area contributed by atoms with Crippen LogP contribution >= 0.6 is 23.2 Å². The molecule has 94 valence electrons. The van der Waals surface area contributed by atoms with Crippen LogP contribution in [0.1, 0.15) is 5.56 Å². The van der Waals surface area contributed by atoms with Crippen LogP contribution in [0.25, 0.3) is 0 Å². The predicted molar refractivity (Wildman–Crippen MR) is 70.1 cm³/mol. The molecule has 0 aliphatic heterocycles. The van der Waals surface area contributed by atoms with Crippen molar-refractivity contribution in [3.05, 3.63) is 63.6 Å². The Labute approximate surface area is 113 Å². The zero-order valence-corrected chi connectivity index (χ0v) is 10.7. The molecule has 1 nitrogen and oxygen atoms in total. The van der Waals surface area contributed by atoms with Crippen LogP contribution in [0.15, 0.2) is 36.4 Å². The lowest BCUT2D eigenvalue weighted by Crippen LogP contribution is -2.02. The number of hydrogen-bond donors (Lipinski definition) is 1. The minimum Gasteiger partial charge on any atom is -0.380 e. The first-order valence-electron chi connectivity index (χ1n) is 5.19. The Hall–Kier alpha value is -1.32. The Morgan fingerprint density at radius 3 is 2.56 bits per heavy atom. The summed E-state index contributed by atoms with van der Waals surface area (Å²) in [6.45, 7) is 0.176. The number of benzene rings is 2. The molecule has 0 bridgehead atoms. The van der Waals surface area contributed by atoms with Crippen LogP contribution < -0.4 is 5.32 Å². The minimum atomic E-state index is -0.409. The van der Waals surface area contributed by atoms with E-state index in [1.54, 1.807) is 0 Å². The largest absolute Gasteiger partial charge is 0.380 e. The van der Waals surface area contributed by atoms with E-state index >= 15 is 0 Å². The Balaban J connectivity index is 2.16. The van der Waals surface area contributed by atoms with Gasteiger partial charge in [-0.15, -0.1) is 0 Å². The van der Waals surface area contributed by atoms with Gasteiger partial charge in [-0.25, -0.2) is 8.78 Å². The topological polar surface area (TPSA) is 12.0 Å². The van der Waals surface area contributed by atoms with Crippen molar-refractivity contribution in [1.82, 2.24) is 0 Å². The Morgan fingerprint density at radius 1 is 1.00 bits per heavy atom. The second-order valence-corrected chi connectivity index (χ2v) is 4.56. The summed E-state index contributed by atoms with van der Waals surface area (Å²) >= 11 is 11.7. The zero-order chi connectivity index (χ0) is 13.1. The van der Waals surface area contributed by atoms with Gasteiger partial charge in [-0.2, -0.15) is 0 Å². The minimum absolute atomic E-state index is 0.176. The monoisotopic (exact) mass is 287 g/mol. The number of nitrogens with one attached hydrogen (secondary N) is 1. The van der Waals surface area contributed by atoms with Gasteiger partial charge in [0.25, 0.3) is 0 Å². The molecule has 2 aromatic rings. The van der Waals surface area contributed by atoms with Crippen molar-refractivity contribution in [3.63, 3.8) is 0 Å². The molecule has 0 aliphatic rings. The second kappa shape index (κ2) is 5.55. The molecule has 0 fully saturated rings. The Bertz CT molecular complexity index is 521. The van der Waals surface area contributed by atoms with Gasteiger partial charge < -0.3 is 5.32 Å². The number of hydrogen-bond acceptors (Lipinski definition) is 1. The van der Waals surface area contributed by atoms with E-state index in [1.807, 2.05) is 0 Å². The third-order valence-electron chi connectivity index (χ3n) is 2.41. The van der Waals surface area contributed by atoms with E-state index in [9.17, 15) is 8.78 Å². The van der Waals surface area contributed by atoms with E-state index in [1.165, 1.54) is 36.4 Å². The first kappa shape index (κ1) is 13.1. The highest BCUT2D eigenvalue weighted by molar-refractivity contribution is 6.33. The first-order valence-corrected chi connectivity index (χ1v) is 5.95. The quantitative estimate of drug-likeness (QED) is 0.848. The number of anilines is 1. The summed E-state index contributed by atoms with van der Waals surface area (Å²) in [5.41, 5.74) is 0.805. The molecule has 0 aliphatic carbocycles. The first-order chi connectivity index (χ1) is 8.56. The third-order valence-corrected chi connectivity index (χ3v) is 2.97. The van der Waals surface area contributed by atoms with E-state index in [2.05, 4.69) is 5.32 Å². The van der Waals surface area contributed by atoms with Crippen molar-refractivity contribution in [2.75, 3.05) is 5.32 Å². The summed E-state index contributed by atoms with van der Waals surface area (Å²) in [4.78, 5) is 0. The summed E-state index contributed by atoms with van der Waals surface area (Å²) in [7, 11) is 0. The highest BCUT2D eigenvalue weighted by Gasteiger charge is 2.05. The molecule has 2 aromatic carbocycles. The van der Waals surface area contributed by atoms with Gasteiger partial charge in [0.15, 0.2) is 0 Å². The Kier molecular flexibility index (Phi) is 4.04. The normalized spacial score (nSPS) is 10.4. The molecule has 1 N–H and O–H groups in total. The maximum absolute atomic E-state index is 13.4. The van der Waals surface area contributed by atoms with Crippen molar-refractivity contribution in [1.29, 1.82) is 0 Å².